The molecule has 2 rings (SSSR count). The quantitative estimate of drug-likeness (QED) is 0.467. The van der Waals surface area contributed by atoms with Gasteiger partial charge in [-0.05, 0) is 43.8 Å². The molecule has 0 bridgehead atoms. The van der Waals surface area contributed by atoms with E-state index in [-0.39, 0.29) is 5.97 Å². The van der Waals surface area contributed by atoms with Crippen LogP contribution in [0, 0.1) is 4.77 Å². The van der Waals surface area contributed by atoms with E-state index in [0.29, 0.717) is 16.9 Å². The van der Waals surface area contributed by atoms with Crippen LogP contribution >= 0.6 is 12.2 Å². The minimum Gasteiger partial charge on any atom is -0.462 e. The van der Waals surface area contributed by atoms with Crippen LogP contribution in [-0.2, 0) is 11.3 Å². The highest BCUT2D eigenvalue weighted by Gasteiger charge is 2.10. The molecule has 0 spiro atoms. The molecule has 0 atom stereocenters. The molecule has 4 nitrogen and oxygen atoms in total. The van der Waals surface area contributed by atoms with Gasteiger partial charge in [0.2, 0.25) is 0 Å². The second-order valence-electron chi connectivity index (χ2n) is 5.09. The van der Waals surface area contributed by atoms with E-state index in [9.17, 15) is 4.79 Å². The highest BCUT2D eigenvalue weighted by atomic mass is 32.1. The third kappa shape index (κ3) is 3.73. The molecule has 0 amide bonds. The minimum atomic E-state index is -0.297. The summed E-state index contributed by atoms with van der Waals surface area (Å²) >= 11 is 5.38. The predicted molar refractivity (Wildman–Crippen MR) is 87.2 cm³/mol. The van der Waals surface area contributed by atoms with Crippen LogP contribution in [-0.4, -0.2) is 22.1 Å². The molecule has 0 fully saturated rings. The van der Waals surface area contributed by atoms with Gasteiger partial charge in [0.25, 0.3) is 0 Å². The molecule has 1 aromatic carbocycles. The highest BCUT2D eigenvalue weighted by Crippen LogP contribution is 2.18. The zero-order chi connectivity index (χ0) is 15.2. The Morgan fingerprint density at radius 1 is 1.29 bits per heavy atom. The average molecular weight is 306 g/mol. The Kier molecular flexibility index (Phi) is 5.56. The topological polar surface area (TPSA) is 47.0 Å². The first kappa shape index (κ1) is 15.8. The second kappa shape index (κ2) is 7.41. The van der Waals surface area contributed by atoms with E-state index in [1.165, 1.54) is 19.3 Å². The van der Waals surface area contributed by atoms with Crippen LogP contribution < -0.4 is 0 Å². The lowest BCUT2D eigenvalue weighted by atomic mass is 10.2. The number of ether oxygens (including phenoxy) is 1. The average Bonchev–Trinajstić information content (AvgIpc) is 2.78. The van der Waals surface area contributed by atoms with Gasteiger partial charge in [-0.25, -0.2) is 4.79 Å². The third-order valence-electron chi connectivity index (χ3n) is 3.52. The van der Waals surface area contributed by atoms with Crippen molar-refractivity contribution in [2.75, 3.05) is 6.61 Å². The Hall–Kier alpha value is -1.62. The third-order valence-corrected chi connectivity index (χ3v) is 3.84. The number of carbonyl (C=O) groups excluding carboxylic acids is 1. The standard InChI is InChI=1S/C16H22N2O2S/c1-3-5-6-7-10-18-14-9-8-12(15(19)20-4-2)11-13(14)17-16(18)21/h8-9,11H,3-7,10H2,1-2H3,(H,17,21). The molecule has 0 unspecified atom stereocenters. The molecular formula is C16H22N2O2S. The fourth-order valence-corrected chi connectivity index (χ4v) is 2.72. The van der Waals surface area contributed by atoms with E-state index in [0.717, 1.165) is 24.0 Å². The van der Waals surface area contributed by atoms with Crippen molar-refractivity contribution >= 4 is 29.2 Å². The van der Waals surface area contributed by atoms with Gasteiger partial charge in [-0.3, -0.25) is 0 Å². The Balaban J connectivity index is 2.22. The van der Waals surface area contributed by atoms with Gasteiger partial charge in [0, 0.05) is 6.54 Å². The maximum atomic E-state index is 11.8. The number of nitrogens with one attached hydrogen (secondary N) is 1. The van der Waals surface area contributed by atoms with Crippen molar-refractivity contribution in [3.05, 3.63) is 28.5 Å². The molecule has 0 saturated carbocycles. The van der Waals surface area contributed by atoms with Crippen LogP contribution in [0.2, 0.25) is 0 Å². The van der Waals surface area contributed by atoms with Gasteiger partial charge >= 0.3 is 5.97 Å². The number of aryl methyl sites for hydroxylation is 1. The highest BCUT2D eigenvalue weighted by molar-refractivity contribution is 7.71. The lowest BCUT2D eigenvalue weighted by Crippen LogP contribution is -2.04. The molecule has 0 aliphatic carbocycles. The Morgan fingerprint density at radius 2 is 2.10 bits per heavy atom. The molecule has 0 saturated heterocycles. The van der Waals surface area contributed by atoms with Gasteiger partial charge in [-0.2, -0.15) is 0 Å². The van der Waals surface area contributed by atoms with E-state index in [2.05, 4.69) is 16.5 Å². The smallest absolute Gasteiger partial charge is 0.338 e. The zero-order valence-electron chi connectivity index (χ0n) is 12.6. The van der Waals surface area contributed by atoms with Crippen molar-refractivity contribution in [2.45, 2.75) is 46.1 Å². The summed E-state index contributed by atoms with van der Waals surface area (Å²) in [5.74, 6) is -0.297. The maximum absolute atomic E-state index is 11.8. The van der Waals surface area contributed by atoms with Crippen molar-refractivity contribution in [3.63, 3.8) is 0 Å². The summed E-state index contributed by atoms with van der Waals surface area (Å²) < 4.78 is 7.84. The molecule has 5 heteroatoms. The monoisotopic (exact) mass is 306 g/mol. The van der Waals surface area contributed by atoms with Crippen molar-refractivity contribution in [3.8, 4) is 0 Å². The predicted octanol–water partition coefficient (Wildman–Crippen LogP) is 4.46. The van der Waals surface area contributed by atoms with Gasteiger partial charge in [-0.15, -0.1) is 0 Å². The van der Waals surface area contributed by atoms with Crippen molar-refractivity contribution in [1.29, 1.82) is 0 Å². The van der Waals surface area contributed by atoms with Crippen LogP contribution in [0.3, 0.4) is 0 Å². The van der Waals surface area contributed by atoms with E-state index in [4.69, 9.17) is 17.0 Å². The first-order valence-electron chi connectivity index (χ1n) is 7.57. The van der Waals surface area contributed by atoms with Gasteiger partial charge in [0.15, 0.2) is 4.77 Å². The molecule has 0 aliphatic heterocycles. The first-order chi connectivity index (χ1) is 10.2. The summed E-state index contributed by atoms with van der Waals surface area (Å²) in [6.07, 6.45) is 4.81. The summed E-state index contributed by atoms with van der Waals surface area (Å²) in [5.41, 5.74) is 2.49. The van der Waals surface area contributed by atoms with Crippen molar-refractivity contribution < 1.29 is 9.53 Å². The van der Waals surface area contributed by atoms with Crippen LogP contribution in [0.1, 0.15) is 49.9 Å². The van der Waals surface area contributed by atoms with E-state index < -0.39 is 0 Å². The van der Waals surface area contributed by atoms with E-state index in [1.807, 2.05) is 12.1 Å². The number of benzene rings is 1. The molecule has 0 radical (unpaired) electrons. The lowest BCUT2D eigenvalue weighted by Gasteiger charge is -2.05. The van der Waals surface area contributed by atoms with E-state index >= 15 is 0 Å². The van der Waals surface area contributed by atoms with Crippen LogP contribution in [0.25, 0.3) is 11.0 Å². The number of esters is 1. The number of nitrogens with zero attached hydrogens (tertiary/aromatic N) is 1. The fraction of sp³-hybridized carbons (Fsp3) is 0.500. The number of imidazole rings is 1. The summed E-state index contributed by atoms with van der Waals surface area (Å²) in [6, 6.07) is 5.55. The molecule has 0 aliphatic rings. The van der Waals surface area contributed by atoms with E-state index in [1.54, 1.807) is 13.0 Å². The second-order valence-corrected chi connectivity index (χ2v) is 5.48. The number of hydrogen-bond acceptors (Lipinski definition) is 3. The number of aromatic amines is 1. The lowest BCUT2D eigenvalue weighted by molar-refractivity contribution is 0.0526. The van der Waals surface area contributed by atoms with Gasteiger partial charge < -0.3 is 14.3 Å². The molecule has 1 heterocycles. The number of hydrogen-bond donors (Lipinski definition) is 1. The Labute approximate surface area is 130 Å². The summed E-state index contributed by atoms with van der Waals surface area (Å²) in [7, 11) is 0. The molecule has 21 heavy (non-hydrogen) atoms. The fourth-order valence-electron chi connectivity index (χ4n) is 2.42. The Morgan fingerprint density at radius 3 is 2.81 bits per heavy atom. The number of H-pyrrole nitrogens is 1. The molecule has 1 aromatic heterocycles. The number of carbonyl (C=O) groups is 1. The number of unbranched alkanes of at least 4 members (excludes halogenated alkanes) is 3. The van der Waals surface area contributed by atoms with Gasteiger partial charge in [0.05, 0.1) is 23.2 Å². The molecule has 1 N–H and O–H groups in total. The normalized spacial score (nSPS) is 11.0. The summed E-state index contributed by atoms with van der Waals surface area (Å²) in [4.78, 5) is 14.9. The molecule has 114 valence electrons. The maximum Gasteiger partial charge on any atom is 0.338 e. The van der Waals surface area contributed by atoms with Crippen LogP contribution in [0.15, 0.2) is 18.2 Å². The Bertz CT molecular complexity index is 672. The first-order valence-corrected chi connectivity index (χ1v) is 7.97. The van der Waals surface area contributed by atoms with Crippen LogP contribution in [0.5, 0.6) is 0 Å². The zero-order valence-corrected chi connectivity index (χ0v) is 13.5. The number of rotatable bonds is 7. The molecule has 2 aromatic rings. The van der Waals surface area contributed by atoms with Crippen LogP contribution in [0.4, 0.5) is 0 Å². The van der Waals surface area contributed by atoms with Crippen molar-refractivity contribution in [2.24, 2.45) is 0 Å². The SMILES string of the molecule is CCCCCCn1c(=S)[nH]c2cc(C(=O)OCC)ccc21. The largest absolute Gasteiger partial charge is 0.462 e. The molecular weight excluding hydrogens is 284 g/mol. The number of aromatic nitrogens is 2. The minimum absolute atomic E-state index is 0.297. The van der Waals surface area contributed by atoms with Gasteiger partial charge in [-0.1, -0.05) is 26.2 Å². The number of fused-ring (bicyclic) bond motifs is 1. The van der Waals surface area contributed by atoms with Crippen molar-refractivity contribution in [1.82, 2.24) is 9.55 Å². The van der Waals surface area contributed by atoms with Gasteiger partial charge in [0.1, 0.15) is 0 Å². The summed E-state index contributed by atoms with van der Waals surface area (Å²) in [6.45, 7) is 5.30. The summed E-state index contributed by atoms with van der Waals surface area (Å²) in [5, 5.41) is 0.